The van der Waals surface area contributed by atoms with Gasteiger partial charge in [-0.2, -0.15) is 4.31 Å². The minimum absolute atomic E-state index is 0.116. The Labute approximate surface area is 180 Å². The number of nitrogens with one attached hydrogen (secondary N) is 1. The first-order chi connectivity index (χ1) is 14.3. The Balaban J connectivity index is 2.07. The van der Waals surface area contributed by atoms with Crippen LogP contribution in [0, 0.1) is 0 Å². The van der Waals surface area contributed by atoms with Crippen LogP contribution in [0.5, 0.6) is 5.75 Å². The molecule has 0 aromatic heterocycles. The molecule has 0 spiro atoms. The van der Waals surface area contributed by atoms with Gasteiger partial charge in [-0.3, -0.25) is 4.79 Å². The zero-order chi connectivity index (χ0) is 22.1. The van der Waals surface area contributed by atoms with Crippen molar-refractivity contribution in [1.29, 1.82) is 0 Å². The largest absolute Gasteiger partial charge is 0.491 e. The summed E-state index contributed by atoms with van der Waals surface area (Å²) in [5.41, 5.74) is 1.04. The second-order valence-electron chi connectivity index (χ2n) is 7.24. The van der Waals surface area contributed by atoms with E-state index in [1.165, 1.54) is 16.4 Å². The number of carbonyl (C=O) groups excluding carboxylic acids is 1. The standard InChI is InChI=1S/C23H32N2O4S/c1-5-16-25(17-6-2)30(27,28)22-14-10-20(11-15-22)24-23(26)19-8-12-21(13-9-19)29-18(4)7-3/h8-15,18H,5-7,16-17H2,1-4H3,(H,24,26). The molecule has 1 atom stereocenters. The second-order valence-corrected chi connectivity index (χ2v) is 9.18. The van der Waals surface area contributed by atoms with E-state index >= 15 is 0 Å². The third-order valence-electron chi connectivity index (χ3n) is 4.72. The number of benzene rings is 2. The van der Waals surface area contributed by atoms with Crippen LogP contribution < -0.4 is 10.1 Å². The lowest BCUT2D eigenvalue weighted by Crippen LogP contribution is -2.32. The topological polar surface area (TPSA) is 75.7 Å². The first kappa shape index (κ1) is 23.9. The molecule has 0 saturated carbocycles. The molecule has 0 fully saturated rings. The number of carbonyl (C=O) groups is 1. The molecular formula is C23H32N2O4S. The molecule has 0 radical (unpaired) electrons. The molecule has 1 unspecified atom stereocenters. The van der Waals surface area contributed by atoms with Gasteiger partial charge >= 0.3 is 0 Å². The van der Waals surface area contributed by atoms with E-state index in [0.29, 0.717) is 24.3 Å². The summed E-state index contributed by atoms with van der Waals surface area (Å²) in [5, 5.41) is 2.80. The number of anilines is 1. The highest BCUT2D eigenvalue weighted by Gasteiger charge is 2.22. The van der Waals surface area contributed by atoms with Gasteiger partial charge in [0.2, 0.25) is 10.0 Å². The van der Waals surface area contributed by atoms with Gasteiger partial charge in [0.15, 0.2) is 0 Å². The van der Waals surface area contributed by atoms with E-state index in [-0.39, 0.29) is 16.9 Å². The van der Waals surface area contributed by atoms with Crippen molar-refractivity contribution in [2.75, 3.05) is 18.4 Å². The summed E-state index contributed by atoms with van der Waals surface area (Å²) >= 11 is 0. The molecular weight excluding hydrogens is 400 g/mol. The van der Waals surface area contributed by atoms with Crippen molar-refractivity contribution in [3.8, 4) is 5.75 Å². The Bertz CT molecular complexity index is 903. The molecule has 0 aliphatic heterocycles. The number of sulfonamides is 1. The van der Waals surface area contributed by atoms with Crippen molar-refractivity contribution >= 4 is 21.6 Å². The molecule has 6 nitrogen and oxygen atoms in total. The van der Waals surface area contributed by atoms with E-state index in [9.17, 15) is 13.2 Å². The maximum atomic E-state index is 12.8. The molecule has 0 heterocycles. The zero-order valence-corrected chi connectivity index (χ0v) is 19.0. The Morgan fingerprint density at radius 2 is 1.53 bits per heavy atom. The van der Waals surface area contributed by atoms with Crippen molar-refractivity contribution in [3.05, 3.63) is 54.1 Å². The first-order valence-corrected chi connectivity index (χ1v) is 11.9. The highest BCUT2D eigenvalue weighted by molar-refractivity contribution is 7.89. The molecule has 0 saturated heterocycles. The molecule has 2 rings (SSSR count). The lowest BCUT2D eigenvalue weighted by molar-refractivity contribution is 0.102. The third-order valence-corrected chi connectivity index (χ3v) is 6.64. The number of nitrogens with zero attached hydrogens (tertiary/aromatic N) is 1. The molecule has 2 aromatic carbocycles. The van der Waals surface area contributed by atoms with Gasteiger partial charge in [-0.25, -0.2) is 8.42 Å². The number of hydrogen-bond donors (Lipinski definition) is 1. The van der Waals surface area contributed by atoms with Crippen LogP contribution in [0.1, 0.15) is 57.3 Å². The van der Waals surface area contributed by atoms with E-state index in [2.05, 4.69) is 5.32 Å². The van der Waals surface area contributed by atoms with Crippen LogP contribution in [0.25, 0.3) is 0 Å². The quantitative estimate of drug-likeness (QED) is 0.546. The summed E-state index contributed by atoms with van der Waals surface area (Å²) in [6.45, 7) is 8.94. The molecule has 7 heteroatoms. The summed E-state index contributed by atoms with van der Waals surface area (Å²) in [5.74, 6) is 0.457. The summed E-state index contributed by atoms with van der Waals surface area (Å²) in [6.07, 6.45) is 2.54. The minimum atomic E-state index is -3.53. The van der Waals surface area contributed by atoms with Crippen molar-refractivity contribution in [2.45, 2.75) is 58.0 Å². The smallest absolute Gasteiger partial charge is 0.255 e. The monoisotopic (exact) mass is 432 g/mol. The molecule has 0 aliphatic rings. The van der Waals surface area contributed by atoms with E-state index in [1.807, 2.05) is 27.7 Å². The van der Waals surface area contributed by atoms with Crippen molar-refractivity contribution < 1.29 is 17.9 Å². The predicted molar refractivity (Wildman–Crippen MR) is 121 cm³/mol. The van der Waals surface area contributed by atoms with Crippen LogP contribution in [0.15, 0.2) is 53.4 Å². The van der Waals surface area contributed by atoms with Crippen LogP contribution in [0.4, 0.5) is 5.69 Å². The molecule has 2 aromatic rings. The van der Waals surface area contributed by atoms with Gasteiger partial charge in [-0.05, 0) is 74.7 Å². The van der Waals surface area contributed by atoms with E-state index in [1.54, 1.807) is 36.4 Å². The van der Waals surface area contributed by atoms with E-state index in [0.717, 1.165) is 25.0 Å². The number of ether oxygens (including phenoxy) is 1. The van der Waals surface area contributed by atoms with Crippen LogP contribution in [0.2, 0.25) is 0 Å². The highest BCUT2D eigenvalue weighted by atomic mass is 32.2. The third kappa shape index (κ3) is 6.31. The minimum Gasteiger partial charge on any atom is -0.491 e. The summed E-state index contributed by atoms with van der Waals surface area (Å²) < 4.78 is 32.9. The van der Waals surface area contributed by atoms with Gasteiger partial charge in [0.1, 0.15) is 5.75 Å². The molecule has 164 valence electrons. The fraction of sp³-hybridized carbons (Fsp3) is 0.435. The lowest BCUT2D eigenvalue weighted by Gasteiger charge is -2.21. The average molecular weight is 433 g/mol. The van der Waals surface area contributed by atoms with Gasteiger partial charge < -0.3 is 10.1 Å². The van der Waals surface area contributed by atoms with Gasteiger partial charge in [0, 0.05) is 24.3 Å². The fourth-order valence-corrected chi connectivity index (χ4v) is 4.54. The molecule has 30 heavy (non-hydrogen) atoms. The van der Waals surface area contributed by atoms with Crippen LogP contribution in [-0.2, 0) is 10.0 Å². The van der Waals surface area contributed by atoms with Gasteiger partial charge in [-0.1, -0.05) is 20.8 Å². The number of rotatable bonds is 11. The van der Waals surface area contributed by atoms with E-state index < -0.39 is 10.0 Å². The predicted octanol–water partition coefficient (Wildman–Crippen LogP) is 4.93. The lowest BCUT2D eigenvalue weighted by atomic mass is 10.2. The van der Waals surface area contributed by atoms with Crippen LogP contribution in [0.3, 0.4) is 0 Å². The van der Waals surface area contributed by atoms with Crippen LogP contribution >= 0.6 is 0 Å². The highest BCUT2D eigenvalue weighted by Crippen LogP contribution is 2.20. The molecule has 1 N–H and O–H groups in total. The Morgan fingerprint density at radius 3 is 2.03 bits per heavy atom. The zero-order valence-electron chi connectivity index (χ0n) is 18.2. The van der Waals surface area contributed by atoms with E-state index in [4.69, 9.17) is 4.74 Å². The fourth-order valence-electron chi connectivity index (χ4n) is 2.91. The summed E-state index contributed by atoms with van der Waals surface area (Å²) in [6, 6.07) is 13.2. The average Bonchev–Trinajstić information content (AvgIpc) is 2.74. The molecule has 0 bridgehead atoms. The Kier molecular flexibility index (Phi) is 8.87. The SMILES string of the molecule is CCCN(CCC)S(=O)(=O)c1ccc(NC(=O)c2ccc(OC(C)CC)cc2)cc1. The second kappa shape index (κ2) is 11.1. The Hall–Kier alpha value is -2.38. The van der Waals surface area contributed by atoms with Gasteiger partial charge in [0.05, 0.1) is 11.0 Å². The summed E-state index contributed by atoms with van der Waals surface area (Å²) in [4.78, 5) is 12.7. The van der Waals surface area contributed by atoms with Crippen molar-refractivity contribution in [3.63, 3.8) is 0 Å². The maximum absolute atomic E-state index is 12.8. The molecule has 0 aliphatic carbocycles. The normalized spacial score (nSPS) is 12.6. The number of amides is 1. The van der Waals surface area contributed by atoms with Gasteiger partial charge in [0.25, 0.3) is 5.91 Å². The first-order valence-electron chi connectivity index (χ1n) is 10.5. The number of hydrogen-bond acceptors (Lipinski definition) is 4. The van der Waals surface area contributed by atoms with Crippen molar-refractivity contribution in [2.24, 2.45) is 0 Å². The van der Waals surface area contributed by atoms with Crippen molar-refractivity contribution in [1.82, 2.24) is 4.31 Å². The maximum Gasteiger partial charge on any atom is 0.255 e. The summed E-state index contributed by atoms with van der Waals surface area (Å²) in [7, 11) is -3.53. The molecule has 1 amide bonds. The Morgan fingerprint density at radius 1 is 0.967 bits per heavy atom. The van der Waals surface area contributed by atoms with Gasteiger partial charge in [-0.15, -0.1) is 0 Å². The van der Waals surface area contributed by atoms with Crippen LogP contribution in [-0.4, -0.2) is 37.8 Å².